The molecule has 4 fully saturated rings. The molecule has 19 heavy (non-hydrogen) atoms. The minimum absolute atomic E-state index is 0.0346. The largest absolute Gasteiger partial charge is 0.355 e. The maximum atomic E-state index is 11.9. The van der Waals surface area contributed by atoms with Gasteiger partial charge < -0.3 is 5.32 Å². The average Bonchev–Trinajstić information content (AvgIpc) is 2.32. The molecule has 4 heteroatoms. The Morgan fingerprint density at radius 1 is 1.32 bits per heavy atom. The van der Waals surface area contributed by atoms with Crippen molar-refractivity contribution in [1.29, 1.82) is 0 Å². The summed E-state index contributed by atoms with van der Waals surface area (Å²) in [5.74, 6) is 1.97. The molecule has 4 aliphatic rings. The number of carbonyl (C=O) groups excluding carboxylic acids is 1. The van der Waals surface area contributed by atoms with Gasteiger partial charge in [0, 0.05) is 23.2 Å². The third-order valence-corrected chi connectivity index (χ3v) is 6.33. The Labute approximate surface area is 125 Å². The van der Waals surface area contributed by atoms with Crippen molar-refractivity contribution in [1.82, 2.24) is 5.32 Å². The minimum atomic E-state index is -0.0967. The minimum Gasteiger partial charge on any atom is -0.355 e. The molecule has 0 aromatic rings. The first kappa shape index (κ1) is 14.0. The summed E-state index contributed by atoms with van der Waals surface area (Å²) in [6.07, 6.45) is 7.35. The maximum Gasteiger partial charge on any atom is 0.224 e. The lowest BCUT2D eigenvalue weighted by Gasteiger charge is -2.60. The molecule has 0 aromatic heterocycles. The second-order valence-electron chi connectivity index (χ2n) is 7.39. The predicted molar refractivity (Wildman–Crippen MR) is 78.6 cm³/mol. The lowest BCUT2D eigenvalue weighted by Crippen LogP contribution is -2.56. The van der Waals surface area contributed by atoms with Crippen LogP contribution in [0.2, 0.25) is 0 Å². The molecule has 0 radical (unpaired) electrons. The first-order chi connectivity index (χ1) is 8.94. The Balaban J connectivity index is 1.66. The van der Waals surface area contributed by atoms with Gasteiger partial charge in [-0.15, -0.1) is 23.2 Å². The van der Waals surface area contributed by atoms with Crippen LogP contribution >= 0.6 is 23.2 Å². The first-order valence-electron chi connectivity index (χ1n) is 7.46. The molecule has 1 amide bonds. The van der Waals surface area contributed by atoms with E-state index in [1.54, 1.807) is 0 Å². The van der Waals surface area contributed by atoms with Crippen LogP contribution < -0.4 is 5.32 Å². The number of amides is 1. The van der Waals surface area contributed by atoms with E-state index in [-0.39, 0.29) is 22.1 Å². The fourth-order valence-electron chi connectivity index (χ4n) is 5.06. The second kappa shape index (κ2) is 4.80. The van der Waals surface area contributed by atoms with Gasteiger partial charge >= 0.3 is 0 Å². The Bertz CT molecular complexity index is 370. The van der Waals surface area contributed by atoms with Gasteiger partial charge in [0.25, 0.3) is 0 Å². The average molecular weight is 304 g/mol. The molecule has 3 atom stereocenters. The third-order valence-electron chi connectivity index (χ3n) is 5.43. The third kappa shape index (κ3) is 2.63. The Morgan fingerprint density at radius 2 is 1.95 bits per heavy atom. The topological polar surface area (TPSA) is 29.1 Å². The lowest BCUT2D eigenvalue weighted by molar-refractivity contribution is -0.125. The quantitative estimate of drug-likeness (QED) is 0.791. The summed E-state index contributed by atoms with van der Waals surface area (Å²) >= 11 is 12.5. The van der Waals surface area contributed by atoms with E-state index >= 15 is 0 Å². The zero-order valence-electron chi connectivity index (χ0n) is 11.6. The summed E-state index contributed by atoms with van der Waals surface area (Å²) in [5.41, 5.74) is 0.271. The van der Waals surface area contributed by atoms with Crippen LogP contribution in [0.3, 0.4) is 0 Å². The zero-order chi connectivity index (χ0) is 13.7. The van der Waals surface area contributed by atoms with Crippen LogP contribution in [0.4, 0.5) is 0 Å². The normalized spacial score (nSPS) is 45.2. The van der Waals surface area contributed by atoms with E-state index in [4.69, 9.17) is 23.2 Å². The molecule has 108 valence electrons. The highest BCUT2D eigenvalue weighted by Crippen LogP contribution is 2.63. The van der Waals surface area contributed by atoms with Gasteiger partial charge in [-0.1, -0.05) is 6.92 Å². The molecule has 4 bridgehead atoms. The molecule has 0 aromatic carbocycles. The molecule has 0 heterocycles. The van der Waals surface area contributed by atoms with E-state index in [2.05, 4.69) is 5.32 Å². The van der Waals surface area contributed by atoms with Crippen LogP contribution in [-0.4, -0.2) is 23.2 Å². The van der Waals surface area contributed by atoms with Crippen LogP contribution in [0.15, 0.2) is 0 Å². The van der Waals surface area contributed by atoms with Crippen molar-refractivity contribution >= 4 is 29.1 Å². The number of hydrogen-bond acceptors (Lipinski definition) is 1. The molecule has 0 spiro atoms. The molecule has 0 aliphatic heterocycles. The molecule has 4 saturated carbocycles. The maximum absolute atomic E-state index is 11.9. The van der Waals surface area contributed by atoms with E-state index in [0.717, 1.165) is 24.8 Å². The van der Waals surface area contributed by atoms with Crippen molar-refractivity contribution in [3.8, 4) is 0 Å². The van der Waals surface area contributed by atoms with Gasteiger partial charge in [0.1, 0.15) is 0 Å². The molecule has 1 N–H and O–H groups in total. The zero-order valence-corrected chi connectivity index (χ0v) is 13.1. The number of carbonyl (C=O) groups is 1. The van der Waals surface area contributed by atoms with Gasteiger partial charge in [-0.2, -0.15) is 0 Å². The molecule has 3 unspecified atom stereocenters. The van der Waals surface area contributed by atoms with Gasteiger partial charge in [-0.3, -0.25) is 4.79 Å². The van der Waals surface area contributed by atoms with Crippen LogP contribution in [-0.2, 0) is 4.79 Å². The van der Waals surface area contributed by atoms with E-state index < -0.39 is 0 Å². The van der Waals surface area contributed by atoms with Gasteiger partial charge in [0.15, 0.2) is 0 Å². The fraction of sp³-hybridized carbons (Fsp3) is 0.933. The summed E-state index contributed by atoms with van der Waals surface area (Å²) in [6.45, 7) is 2.68. The van der Waals surface area contributed by atoms with Gasteiger partial charge in [-0.25, -0.2) is 0 Å². The molecular weight excluding hydrogens is 281 g/mol. The molecular formula is C15H23Cl2NO. The SMILES string of the molecule is CC(CCl)C(=O)NCC12CC3CC(CC(Cl)(C3)C1)C2. The predicted octanol–water partition coefficient (Wildman–Crippen LogP) is 3.56. The summed E-state index contributed by atoms with van der Waals surface area (Å²) < 4.78 is 0. The van der Waals surface area contributed by atoms with E-state index in [0.29, 0.717) is 5.88 Å². The molecule has 2 nitrogen and oxygen atoms in total. The Hall–Kier alpha value is 0.0500. The van der Waals surface area contributed by atoms with Gasteiger partial charge in [0.05, 0.1) is 0 Å². The first-order valence-corrected chi connectivity index (χ1v) is 8.38. The van der Waals surface area contributed by atoms with Crippen LogP contribution in [0, 0.1) is 23.2 Å². The summed E-state index contributed by atoms with van der Waals surface area (Å²) in [4.78, 5) is 12.0. The standard InChI is InChI=1S/C15H23Cl2NO/c1-10(7-16)13(19)18-9-14-3-11-2-12(4-14)6-15(17,5-11)8-14/h10-12H,2-9H2,1H3,(H,18,19). The van der Waals surface area contributed by atoms with Crippen LogP contribution in [0.5, 0.6) is 0 Å². The number of nitrogens with one attached hydrogen (secondary N) is 1. The van der Waals surface area contributed by atoms with Gasteiger partial charge in [0.2, 0.25) is 5.91 Å². The van der Waals surface area contributed by atoms with E-state index in [1.807, 2.05) is 6.92 Å². The molecule has 0 saturated heterocycles. The number of halogens is 2. The number of rotatable bonds is 4. The fourth-order valence-corrected chi connectivity index (χ4v) is 5.92. The van der Waals surface area contributed by atoms with Gasteiger partial charge in [-0.05, 0) is 55.8 Å². The summed E-state index contributed by atoms with van der Waals surface area (Å²) in [6, 6.07) is 0. The van der Waals surface area contributed by atoms with Crippen molar-refractivity contribution in [3.63, 3.8) is 0 Å². The van der Waals surface area contributed by atoms with Crippen molar-refractivity contribution < 1.29 is 4.79 Å². The van der Waals surface area contributed by atoms with Crippen LogP contribution in [0.25, 0.3) is 0 Å². The monoisotopic (exact) mass is 303 g/mol. The highest BCUT2D eigenvalue weighted by Gasteiger charge is 2.56. The smallest absolute Gasteiger partial charge is 0.224 e. The van der Waals surface area contributed by atoms with Crippen molar-refractivity contribution in [2.75, 3.05) is 12.4 Å². The molecule has 4 rings (SSSR count). The van der Waals surface area contributed by atoms with Crippen molar-refractivity contribution in [2.24, 2.45) is 23.2 Å². The van der Waals surface area contributed by atoms with E-state index in [1.165, 1.54) is 32.1 Å². The molecule has 4 aliphatic carbocycles. The highest BCUT2D eigenvalue weighted by atomic mass is 35.5. The number of alkyl halides is 2. The van der Waals surface area contributed by atoms with Crippen molar-refractivity contribution in [3.05, 3.63) is 0 Å². The summed E-state index contributed by atoms with van der Waals surface area (Å²) in [5, 5.41) is 3.13. The van der Waals surface area contributed by atoms with Crippen molar-refractivity contribution in [2.45, 2.75) is 50.3 Å². The second-order valence-corrected chi connectivity index (χ2v) is 8.50. The lowest BCUT2D eigenvalue weighted by atomic mass is 9.49. The van der Waals surface area contributed by atoms with Crippen LogP contribution in [0.1, 0.15) is 45.4 Å². The summed E-state index contributed by atoms with van der Waals surface area (Å²) in [7, 11) is 0. The Morgan fingerprint density at radius 3 is 2.47 bits per heavy atom. The van der Waals surface area contributed by atoms with E-state index in [9.17, 15) is 4.79 Å². The Kier molecular flexibility index (Phi) is 3.54. The highest BCUT2D eigenvalue weighted by molar-refractivity contribution is 6.24. The number of hydrogen-bond donors (Lipinski definition) is 1.